The van der Waals surface area contributed by atoms with Gasteiger partial charge in [-0.2, -0.15) is 0 Å². The number of carbonyl (C=O) groups is 1. The molecule has 0 saturated carbocycles. The number of hydrogen-bond acceptors (Lipinski definition) is 5. The van der Waals surface area contributed by atoms with E-state index in [0.717, 1.165) is 55.7 Å². The molecule has 1 amide bonds. The summed E-state index contributed by atoms with van der Waals surface area (Å²) >= 11 is 1.68. The van der Waals surface area contributed by atoms with E-state index in [1.807, 2.05) is 4.90 Å². The molecule has 186 valence electrons. The number of amides is 1. The first-order valence-corrected chi connectivity index (χ1v) is 13.6. The Kier molecular flexibility index (Phi) is 6.47. The number of anilines is 1. The number of nitrogens with one attached hydrogen (secondary N) is 1. The fraction of sp³-hybridized carbons (Fsp3) is 0.536. The minimum absolute atomic E-state index is 0.0454. The molecule has 5 rings (SSSR count). The predicted octanol–water partition coefficient (Wildman–Crippen LogP) is 4.73. The smallest absolute Gasteiger partial charge is 0.259 e. The van der Waals surface area contributed by atoms with Gasteiger partial charge in [0.1, 0.15) is 10.7 Å². The lowest BCUT2D eigenvalue weighted by Crippen LogP contribution is -2.48. The van der Waals surface area contributed by atoms with Gasteiger partial charge in [-0.3, -0.25) is 9.59 Å². The van der Waals surface area contributed by atoms with Gasteiger partial charge in [-0.25, -0.2) is 4.98 Å². The van der Waals surface area contributed by atoms with Crippen molar-refractivity contribution in [1.29, 1.82) is 0 Å². The summed E-state index contributed by atoms with van der Waals surface area (Å²) in [7, 11) is 0. The summed E-state index contributed by atoms with van der Waals surface area (Å²) < 4.78 is 0. The lowest BCUT2D eigenvalue weighted by atomic mass is 9.72. The summed E-state index contributed by atoms with van der Waals surface area (Å²) in [6.45, 7) is 12.1. The molecule has 0 radical (unpaired) electrons. The Hall–Kier alpha value is -2.67. The topological polar surface area (TPSA) is 69.3 Å². The van der Waals surface area contributed by atoms with Crippen LogP contribution in [0.2, 0.25) is 0 Å². The molecule has 1 aliphatic carbocycles. The van der Waals surface area contributed by atoms with Crippen LogP contribution in [0.25, 0.3) is 10.2 Å². The molecule has 3 heterocycles. The van der Waals surface area contributed by atoms with Crippen LogP contribution in [0.4, 0.5) is 5.69 Å². The van der Waals surface area contributed by atoms with Crippen LogP contribution in [-0.4, -0.2) is 47.0 Å². The SMILES string of the molecule is Cc1cccc(N2CCN(C(=O)CCc3nc4sc5c(c4c(=O)[nH]3)CC[C@H](C(C)(C)C)C5)CC2)c1. The normalized spacial score (nSPS) is 18.7. The average Bonchev–Trinajstić information content (AvgIpc) is 3.20. The number of nitrogens with zero attached hydrogens (tertiary/aromatic N) is 3. The zero-order valence-corrected chi connectivity index (χ0v) is 22.1. The number of aryl methyl sites for hydroxylation is 3. The van der Waals surface area contributed by atoms with Gasteiger partial charge in [0.2, 0.25) is 5.91 Å². The Bertz CT molecular complexity index is 1290. The first-order valence-electron chi connectivity index (χ1n) is 12.8. The number of aromatic amines is 1. The van der Waals surface area contributed by atoms with Crippen LogP contribution >= 0.6 is 11.3 Å². The standard InChI is InChI=1S/C28H36N4O2S/c1-18-6-5-7-20(16-18)31-12-14-32(15-13-31)24(33)11-10-23-29-26(34)25-21-9-8-19(28(2,3)4)17-22(21)35-27(25)30-23/h5-7,16,19H,8-15,17H2,1-4H3,(H,29,30,34)/t19-/m0/s1. The van der Waals surface area contributed by atoms with E-state index in [4.69, 9.17) is 4.98 Å². The van der Waals surface area contributed by atoms with Crippen LogP contribution in [-0.2, 0) is 24.1 Å². The van der Waals surface area contributed by atoms with Crippen LogP contribution in [0.5, 0.6) is 0 Å². The Morgan fingerprint density at radius 1 is 1.20 bits per heavy atom. The largest absolute Gasteiger partial charge is 0.368 e. The molecule has 1 N–H and O–H groups in total. The molecule has 2 aliphatic rings. The van der Waals surface area contributed by atoms with E-state index in [-0.39, 0.29) is 16.9 Å². The molecule has 2 aromatic heterocycles. The van der Waals surface area contributed by atoms with E-state index in [0.29, 0.717) is 24.6 Å². The number of aromatic nitrogens is 2. The molecule has 1 aliphatic heterocycles. The number of thiophene rings is 1. The van der Waals surface area contributed by atoms with E-state index < -0.39 is 0 Å². The number of carbonyl (C=O) groups excluding carboxylic acids is 1. The van der Waals surface area contributed by atoms with E-state index in [1.54, 1.807) is 11.3 Å². The second-order valence-corrected chi connectivity index (χ2v) is 12.3. The van der Waals surface area contributed by atoms with E-state index >= 15 is 0 Å². The first kappa shape index (κ1) is 24.0. The van der Waals surface area contributed by atoms with Gasteiger partial charge in [-0.1, -0.05) is 32.9 Å². The molecule has 1 fully saturated rings. The lowest BCUT2D eigenvalue weighted by molar-refractivity contribution is -0.131. The zero-order chi connectivity index (χ0) is 24.7. The fourth-order valence-electron chi connectivity index (χ4n) is 5.51. The summed E-state index contributed by atoms with van der Waals surface area (Å²) in [6.07, 6.45) is 3.94. The predicted molar refractivity (Wildman–Crippen MR) is 144 cm³/mol. The Morgan fingerprint density at radius 2 is 1.97 bits per heavy atom. The Balaban J connectivity index is 1.22. The van der Waals surface area contributed by atoms with Gasteiger partial charge in [0.25, 0.3) is 5.56 Å². The van der Waals surface area contributed by atoms with Gasteiger partial charge < -0.3 is 14.8 Å². The molecular weight excluding hydrogens is 456 g/mol. The third kappa shape index (κ3) is 5.01. The highest BCUT2D eigenvalue weighted by molar-refractivity contribution is 7.18. The molecule has 7 heteroatoms. The molecule has 0 unspecified atom stereocenters. The number of H-pyrrole nitrogens is 1. The van der Waals surface area contributed by atoms with Crippen molar-refractivity contribution in [1.82, 2.24) is 14.9 Å². The number of piperazine rings is 1. The molecule has 1 atom stereocenters. The summed E-state index contributed by atoms with van der Waals surface area (Å²) in [5.74, 6) is 1.39. The van der Waals surface area contributed by atoms with Crippen LogP contribution in [0, 0.1) is 18.3 Å². The van der Waals surface area contributed by atoms with Crippen molar-refractivity contribution in [2.75, 3.05) is 31.1 Å². The van der Waals surface area contributed by atoms with Crippen molar-refractivity contribution in [3.05, 3.63) is 56.4 Å². The molecular formula is C28H36N4O2S. The highest BCUT2D eigenvalue weighted by Gasteiger charge is 2.31. The monoisotopic (exact) mass is 492 g/mol. The molecule has 1 saturated heterocycles. The molecule has 1 aromatic carbocycles. The van der Waals surface area contributed by atoms with Crippen molar-refractivity contribution in [2.45, 2.75) is 59.8 Å². The third-order valence-corrected chi connectivity index (χ3v) is 8.92. The third-order valence-electron chi connectivity index (χ3n) is 7.77. The summed E-state index contributed by atoms with van der Waals surface area (Å²) in [6, 6.07) is 8.52. The van der Waals surface area contributed by atoms with Gasteiger partial charge in [0.15, 0.2) is 0 Å². The van der Waals surface area contributed by atoms with E-state index in [9.17, 15) is 9.59 Å². The number of fused-ring (bicyclic) bond motifs is 3. The maximum Gasteiger partial charge on any atom is 0.259 e. The molecule has 3 aromatic rings. The summed E-state index contributed by atoms with van der Waals surface area (Å²) in [4.78, 5) is 40.1. The minimum Gasteiger partial charge on any atom is -0.368 e. The average molecular weight is 493 g/mol. The Morgan fingerprint density at radius 3 is 2.69 bits per heavy atom. The quantitative estimate of drug-likeness (QED) is 0.572. The minimum atomic E-state index is -0.0454. The van der Waals surface area contributed by atoms with Crippen LogP contribution in [0.3, 0.4) is 0 Å². The summed E-state index contributed by atoms with van der Waals surface area (Å²) in [5.41, 5.74) is 3.90. The molecule has 0 bridgehead atoms. The van der Waals surface area contributed by atoms with Crippen LogP contribution in [0.15, 0.2) is 29.1 Å². The maximum absolute atomic E-state index is 13.0. The van der Waals surface area contributed by atoms with Crippen LogP contribution in [0.1, 0.15) is 55.4 Å². The highest BCUT2D eigenvalue weighted by Crippen LogP contribution is 2.42. The van der Waals surface area contributed by atoms with Crippen molar-refractivity contribution in [3.63, 3.8) is 0 Å². The Labute approximate surface area is 211 Å². The van der Waals surface area contributed by atoms with Crippen molar-refractivity contribution < 1.29 is 4.79 Å². The van der Waals surface area contributed by atoms with E-state index in [1.165, 1.54) is 21.7 Å². The zero-order valence-electron chi connectivity index (χ0n) is 21.3. The van der Waals surface area contributed by atoms with Crippen molar-refractivity contribution in [3.8, 4) is 0 Å². The first-order chi connectivity index (χ1) is 16.7. The number of rotatable bonds is 4. The number of benzene rings is 1. The summed E-state index contributed by atoms with van der Waals surface area (Å²) in [5, 5.41) is 0.778. The van der Waals surface area contributed by atoms with Crippen molar-refractivity contribution in [2.24, 2.45) is 11.3 Å². The maximum atomic E-state index is 13.0. The number of hydrogen-bond donors (Lipinski definition) is 1. The second-order valence-electron chi connectivity index (χ2n) is 11.2. The fourth-order valence-corrected chi connectivity index (χ4v) is 6.83. The molecule has 35 heavy (non-hydrogen) atoms. The van der Waals surface area contributed by atoms with Gasteiger partial charge in [0, 0.05) is 49.6 Å². The molecule has 6 nitrogen and oxygen atoms in total. The van der Waals surface area contributed by atoms with Gasteiger partial charge in [-0.05, 0) is 60.8 Å². The molecule has 0 spiro atoms. The second kappa shape index (κ2) is 9.41. The van der Waals surface area contributed by atoms with Gasteiger partial charge in [0.05, 0.1) is 5.39 Å². The highest BCUT2D eigenvalue weighted by atomic mass is 32.1. The van der Waals surface area contributed by atoms with Gasteiger partial charge in [-0.15, -0.1) is 11.3 Å². The van der Waals surface area contributed by atoms with Gasteiger partial charge >= 0.3 is 0 Å². The lowest BCUT2D eigenvalue weighted by Gasteiger charge is -2.36. The van der Waals surface area contributed by atoms with Crippen molar-refractivity contribution >= 4 is 33.1 Å². The van der Waals surface area contributed by atoms with Crippen LogP contribution < -0.4 is 10.5 Å². The van der Waals surface area contributed by atoms with E-state index in [2.05, 4.69) is 61.8 Å².